The zero-order chi connectivity index (χ0) is 13.1. The van der Waals surface area contributed by atoms with Crippen LogP contribution in [0.4, 0.5) is 5.69 Å². The molecule has 5 heteroatoms. The lowest BCUT2D eigenvalue weighted by molar-refractivity contribution is 0.906. The van der Waals surface area contributed by atoms with Gasteiger partial charge in [0.05, 0.1) is 17.7 Å². The molecule has 0 spiro atoms. The molecule has 0 aliphatic carbocycles. The molecule has 1 unspecified atom stereocenters. The fourth-order valence-corrected chi connectivity index (χ4v) is 3.51. The number of nitrogens with one attached hydrogen (secondary N) is 1. The second-order valence-electron chi connectivity index (χ2n) is 3.84. The molecule has 0 saturated heterocycles. The minimum atomic E-state index is 0.227. The lowest BCUT2D eigenvalue weighted by atomic mass is 10.2. The normalized spacial score (nSPS) is 11.9. The van der Waals surface area contributed by atoms with Crippen LogP contribution in [0.25, 0.3) is 0 Å². The molecule has 1 atom stereocenters. The van der Waals surface area contributed by atoms with Gasteiger partial charge in [-0.3, -0.25) is 0 Å². The van der Waals surface area contributed by atoms with Gasteiger partial charge in [0, 0.05) is 24.9 Å². The van der Waals surface area contributed by atoms with Crippen LogP contribution in [-0.4, -0.2) is 0 Å². The summed E-state index contributed by atoms with van der Waals surface area (Å²) in [6, 6.07) is 10.0. The molecule has 92 valence electrons. The van der Waals surface area contributed by atoms with Gasteiger partial charge in [-0.25, -0.2) is 0 Å². The Morgan fingerprint density at radius 1 is 1.33 bits per heavy atom. The van der Waals surface area contributed by atoms with Crippen LogP contribution in [0.5, 0.6) is 0 Å². The molecular weight excluding hydrogens is 376 g/mol. The fraction of sp³-hybridized carbons (Fsp3) is 0.154. The Bertz CT molecular complexity index is 601. The standard InChI is InChI=1S/C13H10Br2N2S/c1-8(13-5-10(14)7-18-13)17-12-3-2-9(6-16)4-11(12)15/h2-5,7-8,17H,1H3. The number of rotatable bonds is 3. The summed E-state index contributed by atoms with van der Waals surface area (Å²) >= 11 is 8.64. The number of thiophene rings is 1. The first-order chi connectivity index (χ1) is 8.60. The van der Waals surface area contributed by atoms with Crippen molar-refractivity contribution in [3.63, 3.8) is 0 Å². The fourth-order valence-electron chi connectivity index (χ4n) is 1.56. The van der Waals surface area contributed by atoms with Crippen LogP contribution < -0.4 is 5.32 Å². The van der Waals surface area contributed by atoms with Crippen LogP contribution in [0, 0.1) is 11.3 Å². The first kappa shape index (κ1) is 13.6. The van der Waals surface area contributed by atoms with E-state index >= 15 is 0 Å². The van der Waals surface area contributed by atoms with E-state index in [1.165, 1.54) is 4.88 Å². The highest BCUT2D eigenvalue weighted by Crippen LogP contribution is 2.31. The molecule has 0 fully saturated rings. The Balaban J connectivity index is 2.17. The summed E-state index contributed by atoms with van der Waals surface area (Å²) < 4.78 is 2.01. The zero-order valence-corrected chi connectivity index (χ0v) is 13.6. The van der Waals surface area contributed by atoms with Crippen molar-refractivity contribution in [3.8, 4) is 6.07 Å². The summed E-state index contributed by atoms with van der Waals surface area (Å²) in [4.78, 5) is 1.26. The highest BCUT2D eigenvalue weighted by Gasteiger charge is 2.10. The molecule has 0 aliphatic rings. The minimum absolute atomic E-state index is 0.227. The average molecular weight is 386 g/mol. The van der Waals surface area contributed by atoms with Gasteiger partial charge < -0.3 is 5.32 Å². The van der Waals surface area contributed by atoms with E-state index in [0.717, 1.165) is 14.6 Å². The van der Waals surface area contributed by atoms with E-state index in [2.05, 4.69) is 61.6 Å². The molecule has 2 aromatic rings. The van der Waals surface area contributed by atoms with Gasteiger partial charge in [-0.05, 0) is 63.0 Å². The minimum Gasteiger partial charge on any atom is -0.377 e. The predicted octanol–water partition coefficient (Wildman–Crippen LogP) is 5.32. The molecule has 0 radical (unpaired) electrons. The summed E-state index contributed by atoms with van der Waals surface area (Å²) in [5.41, 5.74) is 1.64. The van der Waals surface area contributed by atoms with Crippen LogP contribution in [0.3, 0.4) is 0 Å². The zero-order valence-electron chi connectivity index (χ0n) is 9.58. The van der Waals surface area contributed by atoms with E-state index in [9.17, 15) is 0 Å². The molecule has 0 saturated carbocycles. The summed E-state index contributed by atoms with van der Waals surface area (Å²) in [5.74, 6) is 0. The van der Waals surface area contributed by atoms with E-state index < -0.39 is 0 Å². The molecule has 0 bridgehead atoms. The van der Waals surface area contributed by atoms with Crippen LogP contribution in [0.1, 0.15) is 23.4 Å². The van der Waals surface area contributed by atoms with Gasteiger partial charge in [0.2, 0.25) is 0 Å². The van der Waals surface area contributed by atoms with E-state index in [1.54, 1.807) is 11.3 Å². The van der Waals surface area contributed by atoms with Crippen LogP contribution in [0.15, 0.2) is 38.6 Å². The SMILES string of the molecule is CC(Nc1ccc(C#N)cc1Br)c1cc(Br)cs1. The van der Waals surface area contributed by atoms with Gasteiger partial charge in [0.25, 0.3) is 0 Å². The molecule has 0 amide bonds. The number of nitrogens with zero attached hydrogens (tertiary/aromatic N) is 1. The van der Waals surface area contributed by atoms with E-state index in [4.69, 9.17) is 5.26 Å². The molecule has 1 heterocycles. The number of nitriles is 1. The van der Waals surface area contributed by atoms with Gasteiger partial charge in [0.15, 0.2) is 0 Å². The summed E-state index contributed by atoms with van der Waals surface area (Å²) in [5, 5.41) is 14.3. The van der Waals surface area contributed by atoms with Crippen LogP contribution in [-0.2, 0) is 0 Å². The molecular formula is C13H10Br2N2S. The number of hydrogen-bond donors (Lipinski definition) is 1. The first-order valence-corrected chi connectivity index (χ1v) is 7.77. The molecule has 1 aromatic carbocycles. The second kappa shape index (κ2) is 5.87. The number of hydrogen-bond acceptors (Lipinski definition) is 3. The maximum atomic E-state index is 8.82. The average Bonchev–Trinajstić information content (AvgIpc) is 2.78. The Morgan fingerprint density at radius 2 is 2.11 bits per heavy atom. The molecule has 1 N–H and O–H groups in total. The highest BCUT2D eigenvalue weighted by atomic mass is 79.9. The third-order valence-electron chi connectivity index (χ3n) is 2.48. The Labute approximate surface area is 127 Å². The molecule has 2 rings (SSSR count). The van der Waals surface area contributed by atoms with Gasteiger partial charge >= 0.3 is 0 Å². The number of halogens is 2. The van der Waals surface area contributed by atoms with Crippen molar-refractivity contribution >= 4 is 48.9 Å². The maximum Gasteiger partial charge on any atom is 0.0992 e. The molecule has 18 heavy (non-hydrogen) atoms. The topological polar surface area (TPSA) is 35.8 Å². The van der Waals surface area contributed by atoms with Crippen molar-refractivity contribution in [2.75, 3.05) is 5.32 Å². The first-order valence-electron chi connectivity index (χ1n) is 5.30. The van der Waals surface area contributed by atoms with Gasteiger partial charge in [-0.15, -0.1) is 11.3 Å². The molecule has 2 nitrogen and oxygen atoms in total. The van der Waals surface area contributed by atoms with Gasteiger partial charge in [-0.2, -0.15) is 5.26 Å². The second-order valence-corrected chi connectivity index (χ2v) is 6.55. The Kier molecular flexibility index (Phi) is 4.44. The largest absolute Gasteiger partial charge is 0.377 e. The molecule has 0 aliphatic heterocycles. The van der Waals surface area contributed by atoms with E-state index in [1.807, 2.05) is 18.2 Å². The van der Waals surface area contributed by atoms with E-state index in [0.29, 0.717) is 5.56 Å². The monoisotopic (exact) mass is 384 g/mol. The van der Waals surface area contributed by atoms with Gasteiger partial charge in [0.1, 0.15) is 0 Å². The summed E-state index contributed by atoms with van der Waals surface area (Å²) in [6.07, 6.45) is 0. The predicted molar refractivity (Wildman–Crippen MR) is 82.9 cm³/mol. The summed E-state index contributed by atoms with van der Waals surface area (Å²) in [7, 11) is 0. The van der Waals surface area contributed by atoms with E-state index in [-0.39, 0.29) is 6.04 Å². The van der Waals surface area contributed by atoms with Crippen molar-refractivity contribution < 1.29 is 0 Å². The van der Waals surface area contributed by atoms with Crippen molar-refractivity contribution in [2.24, 2.45) is 0 Å². The lowest BCUT2D eigenvalue weighted by Crippen LogP contribution is -2.05. The quantitative estimate of drug-likeness (QED) is 0.776. The third-order valence-corrected chi connectivity index (χ3v) is 5.02. The van der Waals surface area contributed by atoms with Gasteiger partial charge in [-0.1, -0.05) is 0 Å². The van der Waals surface area contributed by atoms with Crippen molar-refractivity contribution in [2.45, 2.75) is 13.0 Å². The molecule has 1 aromatic heterocycles. The summed E-state index contributed by atoms with van der Waals surface area (Å²) in [6.45, 7) is 2.11. The van der Waals surface area contributed by atoms with Crippen molar-refractivity contribution in [3.05, 3.63) is 49.0 Å². The number of anilines is 1. The maximum absolute atomic E-state index is 8.82. The number of benzene rings is 1. The van der Waals surface area contributed by atoms with Crippen LogP contribution >= 0.6 is 43.2 Å². The van der Waals surface area contributed by atoms with Crippen molar-refractivity contribution in [1.82, 2.24) is 0 Å². The third kappa shape index (κ3) is 3.14. The van der Waals surface area contributed by atoms with Crippen molar-refractivity contribution in [1.29, 1.82) is 5.26 Å². The smallest absolute Gasteiger partial charge is 0.0992 e. The van der Waals surface area contributed by atoms with Crippen LogP contribution in [0.2, 0.25) is 0 Å². The Morgan fingerprint density at radius 3 is 2.67 bits per heavy atom. The lowest BCUT2D eigenvalue weighted by Gasteiger charge is -2.15. The highest BCUT2D eigenvalue weighted by molar-refractivity contribution is 9.10. The Hall–Kier alpha value is -0.830.